The minimum absolute atomic E-state index is 0.0993. The molecule has 0 N–H and O–H groups in total. The third-order valence-corrected chi connectivity index (χ3v) is 6.66. The SMILES string of the molecule is Cc1nn(Cc2ccccc2)c2sc(C(=O)O[C@H](C)C(=O)N3CCCCCC3)cc12. The molecular weight excluding hydrogens is 398 g/mol. The molecule has 7 heteroatoms. The Morgan fingerprint density at radius 3 is 2.53 bits per heavy atom. The van der Waals surface area contributed by atoms with Gasteiger partial charge in [-0.15, -0.1) is 11.3 Å². The van der Waals surface area contributed by atoms with Crippen molar-refractivity contribution in [3.63, 3.8) is 0 Å². The number of fused-ring (bicyclic) bond motifs is 1. The standard InChI is InChI=1S/C23H27N3O3S/c1-16-19-14-20(30-22(19)26(24-16)15-18-10-6-5-7-11-18)23(28)29-17(2)21(27)25-12-8-3-4-9-13-25/h5-7,10-11,14,17H,3-4,8-9,12-13,15H2,1-2H3/t17-/m1/s1. The predicted octanol–water partition coefficient (Wildman–Crippen LogP) is 4.40. The van der Waals surface area contributed by atoms with Crippen molar-refractivity contribution in [2.75, 3.05) is 13.1 Å². The van der Waals surface area contributed by atoms with Gasteiger partial charge in [0.15, 0.2) is 6.10 Å². The zero-order valence-electron chi connectivity index (χ0n) is 17.5. The number of nitrogens with zero attached hydrogens (tertiary/aromatic N) is 3. The summed E-state index contributed by atoms with van der Waals surface area (Å²) in [6, 6.07) is 11.9. The van der Waals surface area contributed by atoms with E-state index in [1.54, 1.807) is 6.92 Å². The van der Waals surface area contributed by atoms with Crippen LogP contribution in [0.1, 0.15) is 53.5 Å². The molecule has 6 nitrogen and oxygen atoms in total. The Morgan fingerprint density at radius 2 is 1.83 bits per heavy atom. The van der Waals surface area contributed by atoms with E-state index < -0.39 is 12.1 Å². The minimum Gasteiger partial charge on any atom is -0.448 e. The molecule has 1 aromatic carbocycles. The van der Waals surface area contributed by atoms with E-state index in [-0.39, 0.29) is 5.91 Å². The highest BCUT2D eigenvalue weighted by Gasteiger charge is 2.26. The second-order valence-corrected chi connectivity index (χ2v) is 8.88. The van der Waals surface area contributed by atoms with E-state index in [0.717, 1.165) is 60.2 Å². The van der Waals surface area contributed by atoms with Gasteiger partial charge in [0.2, 0.25) is 0 Å². The van der Waals surface area contributed by atoms with Gasteiger partial charge in [-0.3, -0.25) is 9.48 Å². The summed E-state index contributed by atoms with van der Waals surface area (Å²) in [6.45, 7) is 5.75. The van der Waals surface area contributed by atoms with Gasteiger partial charge in [0.25, 0.3) is 5.91 Å². The van der Waals surface area contributed by atoms with Gasteiger partial charge >= 0.3 is 5.97 Å². The van der Waals surface area contributed by atoms with E-state index in [1.807, 2.05) is 40.8 Å². The number of aryl methyl sites for hydroxylation is 1. The zero-order valence-corrected chi connectivity index (χ0v) is 18.3. The second-order valence-electron chi connectivity index (χ2n) is 7.85. The van der Waals surface area contributed by atoms with Gasteiger partial charge in [-0.2, -0.15) is 5.10 Å². The molecule has 158 valence electrons. The maximum atomic E-state index is 12.7. The van der Waals surface area contributed by atoms with Crippen LogP contribution in [0.4, 0.5) is 0 Å². The average Bonchev–Trinajstić information content (AvgIpc) is 3.18. The number of carbonyl (C=O) groups is 2. The first-order valence-corrected chi connectivity index (χ1v) is 11.3. The Labute approximate surface area is 180 Å². The molecule has 30 heavy (non-hydrogen) atoms. The molecule has 0 unspecified atom stereocenters. The molecule has 0 bridgehead atoms. The normalized spacial score (nSPS) is 15.7. The number of benzene rings is 1. The number of hydrogen-bond donors (Lipinski definition) is 0. The first-order chi connectivity index (χ1) is 14.5. The van der Waals surface area contributed by atoms with Crippen LogP contribution in [0.25, 0.3) is 10.2 Å². The summed E-state index contributed by atoms with van der Waals surface area (Å²) in [6.07, 6.45) is 3.56. The quantitative estimate of drug-likeness (QED) is 0.568. The van der Waals surface area contributed by atoms with Gasteiger partial charge in [-0.1, -0.05) is 43.2 Å². The summed E-state index contributed by atoms with van der Waals surface area (Å²) < 4.78 is 7.46. The number of hydrogen-bond acceptors (Lipinski definition) is 5. The van der Waals surface area contributed by atoms with Crippen molar-refractivity contribution < 1.29 is 14.3 Å². The Bertz CT molecular complexity index is 1030. The van der Waals surface area contributed by atoms with Crippen LogP contribution in [0, 0.1) is 6.92 Å². The molecule has 1 saturated heterocycles. The van der Waals surface area contributed by atoms with Crippen molar-refractivity contribution in [2.45, 2.75) is 52.2 Å². The fraction of sp³-hybridized carbons (Fsp3) is 0.435. The third-order valence-electron chi connectivity index (χ3n) is 5.53. The maximum Gasteiger partial charge on any atom is 0.349 e. The largest absolute Gasteiger partial charge is 0.448 e. The van der Waals surface area contributed by atoms with Gasteiger partial charge < -0.3 is 9.64 Å². The summed E-state index contributed by atoms with van der Waals surface area (Å²) >= 11 is 1.37. The first kappa shape index (κ1) is 20.6. The summed E-state index contributed by atoms with van der Waals surface area (Å²) in [5.41, 5.74) is 2.03. The molecule has 0 spiro atoms. The molecule has 1 atom stereocenters. The average molecular weight is 426 g/mol. The van der Waals surface area contributed by atoms with Crippen LogP contribution in [0.3, 0.4) is 0 Å². The van der Waals surface area contributed by atoms with E-state index in [2.05, 4.69) is 17.2 Å². The Hall–Kier alpha value is -2.67. The Kier molecular flexibility index (Phi) is 6.18. The number of amides is 1. The summed E-state index contributed by atoms with van der Waals surface area (Å²) in [5.74, 6) is -0.546. The summed E-state index contributed by atoms with van der Waals surface area (Å²) in [7, 11) is 0. The van der Waals surface area contributed by atoms with E-state index in [1.165, 1.54) is 11.3 Å². The van der Waals surface area contributed by atoms with Crippen molar-refractivity contribution in [2.24, 2.45) is 0 Å². The Balaban J connectivity index is 1.48. The monoisotopic (exact) mass is 425 g/mol. The van der Waals surface area contributed by atoms with Crippen molar-refractivity contribution in [3.8, 4) is 0 Å². The summed E-state index contributed by atoms with van der Waals surface area (Å²) in [4.78, 5) is 28.7. The molecular formula is C23H27N3O3S. The molecule has 4 rings (SSSR count). The van der Waals surface area contributed by atoms with Crippen molar-refractivity contribution in [3.05, 3.63) is 52.5 Å². The van der Waals surface area contributed by atoms with Gasteiger partial charge in [-0.05, 0) is 38.3 Å². The third kappa shape index (κ3) is 4.41. The highest BCUT2D eigenvalue weighted by atomic mass is 32.1. The number of likely N-dealkylation sites (tertiary alicyclic amines) is 1. The first-order valence-electron chi connectivity index (χ1n) is 10.5. The van der Waals surface area contributed by atoms with Crippen LogP contribution in [-0.2, 0) is 16.1 Å². The van der Waals surface area contributed by atoms with Gasteiger partial charge in [-0.25, -0.2) is 4.79 Å². The maximum absolute atomic E-state index is 12.7. The lowest BCUT2D eigenvalue weighted by atomic mass is 10.2. The lowest BCUT2D eigenvalue weighted by Gasteiger charge is -2.23. The number of aromatic nitrogens is 2. The molecule has 0 radical (unpaired) electrons. The fourth-order valence-corrected chi connectivity index (χ4v) is 4.94. The zero-order chi connectivity index (χ0) is 21.1. The number of rotatable bonds is 5. The van der Waals surface area contributed by atoms with Gasteiger partial charge in [0.05, 0.1) is 12.2 Å². The molecule has 2 aromatic heterocycles. The van der Waals surface area contributed by atoms with Crippen LogP contribution in [-0.4, -0.2) is 45.8 Å². The fourth-order valence-electron chi connectivity index (χ4n) is 3.89. The van der Waals surface area contributed by atoms with Gasteiger partial charge in [0, 0.05) is 18.5 Å². The molecule has 3 heterocycles. The second kappa shape index (κ2) is 9.00. The van der Waals surface area contributed by atoms with E-state index in [9.17, 15) is 9.59 Å². The highest BCUT2D eigenvalue weighted by Crippen LogP contribution is 2.29. The van der Waals surface area contributed by atoms with E-state index in [4.69, 9.17) is 4.74 Å². The molecule has 1 aliphatic rings. The van der Waals surface area contributed by atoms with Crippen molar-refractivity contribution >= 4 is 33.4 Å². The predicted molar refractivity (Wildman–Crippen MR) is 118 cm³/mol. The lowest BCUT2D eigenvalue weighted by Crippen LogP contribution is -2.40. The van der Waals surface area contributed by atoms with Gasteiger partial charge in [0.1, 0.15) is 9.71 Å². The number of esters is 1. The van der Waals surface area contributed by atoms with E-state index in [0.29, 0.717) is 11.4 Å². The topological polar surface area (TPSA) is 64.4 Å². The number of thiophene rings is 1. The summed E-state index contributed by atoms with van der Waals surface area (Å²) in [5, 5.41) is 5.57. The van der Waals surface area contributed by atoms with Crippen LogP contribution in [0.2, 0.25) is 0 Å². The molecule has 3 aromatic rings. The van der Waals surface area contributed by atoms with Crippen LogP contribution < -0.4 is 0 Å². The Morgan fingerprint density at radius 1 is 1.13 bits per heavy atom. The number of ether oxygens (including phenoxy) is 1. The minimum atomic E-state index is -0.775. The lowest BCUT2D eigenvalue weighted by molar-refractivity contribution is -0.139. The van der Waals surface area contributed by atoms with Crippen LogP contribution in [0.5, 0.6) is 0 Å². The van der Waals surface area contributed by atoms with Crippen molar-refractivity contribution in [1.82, 2.24) is 14.7 Å². The highest BCUT2D eigenvalue weighted by molar-refractivity contribution is 7.20. The smallest absolute Gasteiger partial charge is 0.349 e. The van der Waals surface area contributed by atoms with Crippen LogP contribution >= 0.6 is 11.3 Å². The van der Waals surface area contributed by atoms with E-state index >= 15 is 0 Å². The molecule has 0 aliphatic carbocycles. The van der Waals surface area contributed by atoms with Crippen LogP contribution in [0.15, 0.2) is 36.4 Å². The molecule has 0 saturated carbocycles. The van der Waals surface area contributed by atoms with Crippen molar-refractivity contribution in [1.29, 1.82) is 0 Å². The number of carbonyl (C=O) groups excluding carboxylic acids is 2. The molecule has 1 amide bonds. The molecule has 1 fully saturated rings. The molecule has 1 aliphatic heterocycles.